The van der Waals surface area contributed by atoms with Gasteiger partial charge < -0.3 is 19.9 Å². The van der Waals surface area contributed by atoms with Gasteiger partial charge in [0.1, 0.15) is 12.4 Å². The van der Waals surface area contributed by atoms with Crippen LogP contribution >= 0.6 is 35.5 Å². The number of ether oxygens (including phenoxy) is 1. The van der Waals surface area contributed by atoms with Crippen LogP contribution in [0.15, 0.2) is 23.3 Å². The summed E-state index contributed by atoms with van der Waals surface area (Å²) in [7, 11) is 1.71. The fourth-order valence-corrected chi connectivity index (χ4v) is 3.71. The van der Waals surface area contributed by atoms with Gasteiger partial charge in [0.15, 0.2) is 5.96 Å². The zero-order valence-corrected chi connectivity index (χ0v) is 20.4. The van der Waals surface area contributed by atoms with E-state index >= 15 is 0 Å². The van der Waals surface area contributed by atoms with E-state index in [1.807, 2.05) is 6.92 Å². The highest BCUT2D eigenvalue weighted by Gasteiger charge is 2.30. The molecule has 1 aliphatic rings. The van der Waals surface area contributed by atoms with Crippen molar-refractivity contribution in [3.05, 3.63) is 29.7 Å². The summed E-state index contributed by atoms with van der Waals surface area (Å²) >= 11 is 1.43. The Morgan fingerprint density at radius 2 is 2.00 bits per heavy atom. The van der Waals surface area contributed by atoms with E-state index in [9.17, 15) is 13.2 Å². The van der Waals surface area contributed by atoms with Crippen molar-refractivity contribution >= 4 is 46.6 Å². The number of anilines is 1. The molecule has 8 nitrogen and oxygen atoms in total. The largest absolute Gasteiger partial charge is 0.476 e. The summed E-state index contributed by atoms with van der Waals surface area (Å²) in [5.74, 6) is 1.78. The van der Waals surface area contributed by atoms with Gasteiger partial charge in [0.25, 0.3) is 0 Å². The van der Waals surface area contributed by atoms with Crippen molar-refractivity contribution in [1.82, 2.24) is 24.6 Å². The Morgan fingerprint density at radius 1 is 1.26 bits per heavy atom. The first kappa shape index (κ1) is 25.4. The maximum absolute atomic E-state index is 12.6. The number of alkyl halides is 3. The number of hydrogen-bond donors (Lipinski definition) is 1. The lowest BCUT2D eigenvalue weighted by Gasteiger charge is -2.36. The molecule has 0 unspecified atom stereocenters. The summed E-state index contributed by atoms with van der Waals surface area (Å²) < 4.78 is 47.4. The van der Waals surface area contributed by atoms with Gasteiger partial charge in [-0.15, -0.1) is 24.0 Å². The highest BCUT2D eigenvalue weighted by molar-refractivity contribution is 14.0. The molecule has 1 aliphatic heterocycles. The van der Waals surface area contributed by atoms with E-state index in [-0.39, 0.29) is 36.5 Å². The first-order valence-electron chi connectivity index (χ1n) is 9.60. The first-order chi connectivity index (χ1) is 14.4. The molecule has 1 saturated heterocycles. The summed E-state index contributed by atoms with van der Waals surface area (Å²) in [5, 5.41) is 4.16. The molecule has 2 aromatic rings. The molecule has 0 bridgehead atoms. The van der Waals surface area contributed by atoms with Crippen molar-refractivity contribution in [2.24, 2.45) is 4.99 Å². The van der Waals surface area contributed by atoms with Gasteiger partial charge >= 0.3 is 6.18 Å². The molecule has 0 aromatic carbocycles. The van der Waals surface area contributed by atoms with E-state index in [0.29, 0.717) is 6.54 Å². The third-order valence-electron chi connectivity index (χ3n) is 4.53. The third-order valence-corrected chi connectivity index (χ3v) is 5.35. The van der Waals surface area contributed by atoms with Crippen LogP contribution in [0.3, 0.4) is 0 Å². The number of nitrogens with zero attached hydrogens (tertiary/aromatic N) is 6. The molecular weight excluding hydrogens is 546 g/mol. The second-order valence-corrected chi connectivity index (χ2v) is 7.26. The van der Waals surface area contributed by atoms with Crippen LogP contribution in [0.5, 0.6) is 5.88 Å². The van der Waals surface area contributed by atoms with Crippen LogP contribution in [-0.4, -0.2) is 71.6 Å². The van der Waals surface area contributed by atoms with E-state index in [4.69, 9.17) is 4.74 Å². The lowest BCUT2D eigenvalue weighted by molar-refractivity contribution is -0.137. The van der Waals surface area contributed by atoms with Crippen molar-refractivity contribution in [2.75, 3.05) is 51.3 Å². The normalized spacial score (nSPS) is 14.9. The van der Waals surface area contributed by atoms with Gasteiger partial charge in [0.2, 0.25) is 11.0 Å². The number of aliphatic imine (C=N–C) groups is 1. The van der Waals surface area contributed by atoms with Crippen LogP contribution in [0, 0.1) is 0 Å². The Labute approximate surface area is 200 Å². The average Bonchev–Trinajstić information content (AvgIpc) is 3.23. The van der Waals surface area contributed by atoms with Crippen LogP contribution in [0.25, 0.3) is 0 Å². The maximum atomic E-state index is 12.6. The first-order valence-corrected chi connectivity index (χ1v) is 10.4. The minimum absolute atomic E-state index is 0. The summed E-state index contributed by atoms with van der Waals surface area (Å²) in [4.78, 5) is 16.9. The van der Waals surface area contributed by atoms with E-state index in [0.717, 1.165) is 61.8 Å². The van der Waals surface area contributed by atoms with Gasteiger partial charge in [-0.3, -0.25) is 4.99 Å². The van der Waals surface area contributed by atoms with Crippen molar-refractivity contribution < 1.29 is 17.9 Å². The smallest absolute Gasteiger partial charge is 0.417 e. The molecule has 0 amide bonds. The average molecular weight is 571 g/mol. The number of guanidine groups is 1. The zero-order chi connectivity index (χ0) is 21.6. The number of aryl methyl sites for hydroxylation is 1. The highest BCUT2D eigenvalue weighted by atomic mass is 127. The lowest BCUT2D eigenvalue weighted by atomic mass is 10.3. The Bertz CT molecular complexity index is 839. The Morgan fingerprint density at radius 3 is 2.55 bits per heavy atom. The maximum Gasteiger partial charge on any atom is 0.417 e. The summed E-state index contributed by atoms with van der Waals surface area (Å²) in [6, 6.07) is 2.17. The molecule has 1 N–H and O–H groups in total. The molecule has 3 heterocycles. The number of hydrogen-bond acceptors (Lipinski definition) is 7. The highest BCUT2D eigenvalue weighted by Crippen LogP contribution is 2.29. The number of rotatable bonds is 6. The van der Waals surface area contributed by atoms with Crippen molar-refractivity contribution in [3.63, 3.8) is 0 Å². The molecule has 0 atom stereocenters. The van der Waals surface area contributed by atoms with E-state index in [1.165, 1.54) is 17.6 Å². The number of aromatic nitrogens is 3. The molecule has 3 rings (SSSR count). The van der Waals surface area contributed by atoms with E-state index in [1.54, 1.807) is 7.05 Å². The van der Waals surface area contributed by atoms with Crippen molar-refractivity contribution in [3.8, 4) is 5.88 Å². The topological polar surface area (TPSA) is 78.8 Å². The van der Waals surface area contributed by atoms with Crippen LogP contribution < -0.4 is 15.0 Å². The zero-order valence-electron chi connectivity index (χ0n) is 17.2. The molecule has 0 aliphatic carbocycles. The molecule has 31 heavy (non-hydrogen) atoms. The molecule has 0 spiro atoms. The molecule has 0 saturated carbocycles. The summed E-state index contributed by atoms with van der Waals surface area (Å²) in [6.45, 7) is 5.98. The second kappa shape index (κ2) is 11.6. The quantitative estimate of drug-likeness (QED) is 0.247. The predicted octanol–water partition coefficient (Wildman–Crippen LogP) is 2.91. The minimum atomic E-state index is -4.40. The van der Waals surface area contributed by atoms with Gasteiger partial charge in [0.05, 0.1) is 12.1 Å². The Balaban J connectivity index is 0.00000341. The number of nitrogens with one attached hydrogen (secondary N) is 1. The summed E-state index contributed by atoms with van der Waals surface area (Å²) in [6.07, 6.45) is -2.81. The fraction of sp³-hybridized carbons (Fsp3) is 0.556. The standard InChI is InChI=1S/C18H24F3N7OS.HI/c1-3-14-25-17(30-26-14)28-9-7-27(8-10-28)16(22-2)23-6-11-29-15-5-4-13(12-24-15)18(19,20)21;/h4-5,12H,3,6-11H2,1-2H3,(H,22,23);1H. The monoisotopic (exact) mass is 571 g/mol. The van der Waals surface area contributed by atoms with Gasteiger partial charge in [-0.2, -0.15) is 17.5 Å². The van der Waals surface area contributed by atoms with Crippen LogP contribution in [0.1, 0.15) is 18.3 Å². The number of pyridine rings is 1. The van der Waals surface area contributed by atoms with Gasteiger partial charge in [-0.25, -0.2) is 9.97 Å². The SMILES string of the molecule is CCc1nsc(N2CCN(C(=NC)NCCOc3ccc(C(F)(F)F)cn3)CC2)n1.I. The van der Waals surface area contributed by atoms with Crippen molar-refractivity contribution in [1.29, 1.82) is 0 Å². The van der Waals surface area contributed by atoms with Crippen molar-refractivity contribution in [2.45, 2.75) is 19.5 Å². The minimum Gasteiger partial charge on any atom is -0.476 e. The van der Waals surface area contributed by atoms with Gasteiger partial charge in [-0.1, -0.05) is 6.92 Å². The second-order valence-electron chi connectivity index (χ2n) is 6.53. The molecular formula is C18H25F3IN7OS. The molecule has 2 aromatic heterocycles. The molecule has 172 valence electrons. The summed E-state index contributed by atoms with van der Waals surface area (Å²) in [5.41, 5.74) is -0.799. The van der Waals surface area contributed by atoms with Gasteiger partial charge in [-0.05, 0) is 6.07 Å². The Hall–Kier alpha value is -1.90. The van der Waals surface area contributed by atoms with Crippen LogP contribution in [-0.2, 0) is 12.6 Å². The molecule has 0 radical (unpaired) electrons. The van der Waals surface area contributed by atoms with E-state index in [2.05, 4.69) is 34.5 Å². The third kappa shape index (κ3) is 7.05. The molecule has 13 heteroatoms. The Kier molecular flexibility index (Phi) is 9.53. The number of piperazine rings is 1. The van der Waals surface area contributed by atoms with Gasteiger partial charge in [0, 0.05) is 63.4 Å². The fourth-order valence-electron chi connectivity index (χ4n) is 2.91. The van der Waals surface area contributed by atoms with Crippen LogP contribution in [0.4, 0.5) is 18.3 Å². The predicted molar refractivity (Wildman–Crippen MR) is 125 cm³/mol. The number of halogens is 4. The van der Waals surface area contributed by atoms with Crippen LogP contribution in [0.2, 0.25) is 0 Å². The molecule has 1 fully saturated rings. The van der Waals surface area contributed by atoms with E-state index < -0.39 is 11.7 Å². The lowest BCUT2D eigenvalue weighted by Crippen LogP contribution is -2.53.